The SMILES string of the molecule is CC1CC1CNc1cc(N)ncn1. The molecule has 0 spiro atoms. The summed E-state index contributed by atoms with van der Waals surface area (Å²) in [7, 11) is 0. The van der Waals surface area contributed by atoms with Crippen LogP contribution in [-0.2, 0) is 0 Å². The first-order chi connectivity index (χ1) is 6.25. The summed E-state index contributed by atoms with van der Waals surface area (Å²) in [5.74, 6) is 3.02. The summed E-state index contributed by atoms with van der Waals surface area (Å²) < 4.78 is 0. The van der Waals surface area contributed by atoms with Crippen molar-refractivity contribution in [3.05, 3.63) is 12.4 Å². The molecule has 2 rings (SSSR count). The normalized spacial score (nSPS) is 25.6. The summed E-state index contributed by atoms with van der Waals surface area (Å²) in [6, 6.07) is 1.76. The topological polar surface area (TPSA) is 63.8 Å². The van der Waals surface area contributed by atoms with Crippen molar-refractivity contribution in [2.24, 2.45) is 11.8 Å². The molecule has 3 N–H and O–H groups in total. The van der Waals surface area contributed by atoms with Gasteiger partial charge < -0.3 is 11.1 Å². The predicted octanol–water partition coefficient (Wildman–Crippen LogP) is 1.13. The smallest absolute Gasteiger partial charge is 0.131 e. The van der Waals surface area contributed by atoms with E-state index < -0.39 is 0 Å². The number of nitrogen functional groups attached to an aromatic ring is 1. The van der Waals surface area contributed by atoms with Crippen molar-refractivity contribution in [3.8, 4) is 0 Å². The molecule has 1 heterocycles. The Morgan fingerprint density at radius 3 is 3.00 bits per heavy atom. The highest BCUT2D eigenvalue weighted by Crippen LogP contribution is 2.37. The number of nitrogens with zero attached hydrogens (tertiary/aromatic N) is 2. The van der Waals surface area contributed by atoms with Gasteiger partial charge in [0.05, 0.1) is 0 Å². The van der Waals surface area contributed by atoms with Crippen LogP contribution in [0.2, 0.25) is 0 Å². The summed E-state index contributed by atoms with van der Waals surface area (Å²) in [4.78, 5) is 7.89. The van der Waals surface area contributed by atoms with E-state index in [1.807, 2.05) is 0 Å². The Bertz CT molecular complexity index is 299. The number of nitrogens with one attached hydrogen (secondary N) is 1. The van der Waals surface area contributed by atoms with Crippen LogP contribution in [0.3, 0.4) is 0 Å². The molecular formula is C9H14N4. The lowest BCUT2D eigenvalue weighted by Crippen LogP contribution is -2.06. The third-order valence-electron chi connectivity index (χ3n) is 2.51. The van der Waals surface area contributed by atoms with E-state index in [1.165, 1.54) is 12.7 Å². The molecule has 4 nitrogen and oxygen atoms in total. The Labute approximate surface area is 77.6 Å². The van der Waals surface area contributed by atoms with Crippen molar-refractivity contribution in [3.63, 3.8) is 0 Å². The zero-order valence-corrected chi connectivity index (χ0v) is 7.70. The zero-order valence-electron chi connectivity index (χ0n) is 7.70. The van der Waals surface area contributed by atoms with E-state index in [0.29, 0.717) is 5.82 Å². The van der Waals surface area contributed by atoms with Gasteiger partial charge in [-0.1, -0.05) is 6.92 Å². The molecule has 1 aliphatic carbocycles. The van der Waals surface area contributed by atoms with E-state index in [0.717, 1.165) is 24.2 Å². The Morgan fingerprint density at radius 2 is 2.38 bits per heavy atom. The predicted molar refractivity (Wildman–Crippen MR) is 52.2 cm³/mol. The van der Waals surface area contributed by atoms with Gasteiger partial charge in [0, 0.05) is 12.6 Å². The largest absolute Gasteiger partial charge is 0.384 e. The highest BCUT2D eigenvalue weighted by atomic mass is 15.0. The molecule has 0 saturated heterocycles. The summed E-state index contributed by atoms with van der Waals surface area (Å²) in [5.41, 5.74) is 5.52. The van der Waals surface area contributed by atoms with Gasteiger partial charge in [-0.05, 0) is 18.3 Å². The molecule has 4 heteroatoms. The quantitative estimate of drug-likeness (QED) is 0.728. The second-order valence-electron chi connectivity index (χ2n) is 3.68. The van der Waals surface area contributed by atoms with Crippen molar-refractivity contribution in [2.45, 2.75) is 13.3 Å². The molecule has 13 heavy (non-hydrogen) atoms. The highest BCUT2D eigenvalue weighted by molar-refractivity contribution is 5.43. The van der Waals surface area contributed by atoms with Gasteiger partial charge in [-0.15, -0.1) is 0 Å². The fraction of sp³-hybridized carbons (Fsp3) is 0.556. The van der Waals surface area contributed by atoms with E-state index in [9.17, 15) is 0 Å². The second-order valence-corrected chi connectivity index (χ2v) is 3.68. The minimum Gasteiger partial charge on any atom is -0.384 e. The molecule has 0 aromatic carbocycles. The van der Waals surface area contributed by atoms with Gasteiger partial charge in [0.1, 0.15) is 18.0 Å². The lowest BCUT2D eigenvalue weighted by molar-refractivity contribution is 0.784. The Balaban J connectivity index is 1.87. The van der Waals surface area contributed by atoms with Crippen LogP contribution in [0.4, 0.5) is 11.6 Å². The molecule has 0 bridgehead atoms. The lowest BCUT2D eigenvalue weighted by atomic mass is 10.3. The minimum absolute atomic E-state index is 0.515. The van der Waals surface area contributed by atoms with E-state index in [2.05, 4.69) is 22.2 Å². The summed E-state index contributed by atoms with van der Waals surface area (Å²) in [6.07, 6.45) is 2.81. The Kier molecular flexibility index (Phi) is 2.04. The maximum atomic E-state index is 5.52. The standard InChI is InChI=1S/C9H14N4/c1-6-2-7(6)4-11-9-3-8(10)12-5-13-9/h3,5-7H,2,4H2,1H3,(H3,10,11,12,13). The van der Waals surface area contributed by atoms with Crippen molar-refractivity contribution < 1.29 is 0 Å². The molecular weight excluding hydrogens is 164 g/mol. The third kappa shape index (κ3) is 2.08. The average molecular weight is 178 g/mol. The first-order valence-electron chi connectivity index (χ1n) is 4.57. The summed E-state index contributed by atoms with van der Waals surface area (Å²) in [5, 5.41) is 3.25. The molecule has 0 amide bonds. The van der Waals surface area contributed by atoms with Gasteiger partial charge in [0.2, 0.25) is 0 Å². The summed E-state index contributed by atoms with van der Waals surface area (Å²) >= 11 is 0. The molecule has 1 saturated carbocycles. The number of aromatic nitrogens is 2. The fourth-order valence-corrected chi connectivity index (χ4v) is 1.39. The van der Waals surface area contributed by atoms with Gasteiger partial charge in [0.25, 0.3) is 0 Å². The van der Waals surface area contributed by atoms with Gasteiger partial charge >= 0.3 is 0 Å². The van der Waals surface area contributed by atoms with Crippen molar-refractivity contribution >= 4 is 11.6 Å². The molecule has 2 atom stereocenters. The molecule has 0 radical (unpaired) electrons. The van der Waals surface area contributed by atoms with E-state index in [-0.39, 0.29) is 0 Å². The monoisotopic (exact) mass is 178 g/mol. The van der Waals surface area contributed by atoms with Crippen LogP contribution in [0.5, 0.6) is 0 Å². The summed E-state index contributed by atoms with van der Waals surface area (Å²) in [6.45, 7) is 3.26. The van der Waals surface area contributed by atoms with Crippen molar-refractivity contribution in [1.29, 1.82) is 0 Å². The number of rotatable bonds is 3. The second kappa shape index (κ2) is 3.20. The molecule has 70 valence electrons. The fourth-order valence-electron chi connectivity index (χ4n) is 1.39. The van der Waals surface area contributed by atoms with Crippen molar-refractivity contribution in [2.75, 3.05) is 17.6 Å². The maximum Gasteiger partial charge on any atom is 0.131 e. The molecule has 2 unspecified atom stereocenters. The number of anilines is 2. The van der Waals surface area contributed by atoms with Crippen LogP contribution in [0.1, 0.15) is 13.3 Å². The van der Waals surface area contributed by atoms with Crippen LogP contribution < -0.4 is 11.1 Å². The van der Waals surface area contributed by atoms with Crippen molar-refractivity contribution in [1.82, 2.24) is 9.97 Å². The number of nitrogens with two attached hydrogens (primary N) is 1. The third-order valence-corrected chi connectivity index (χ3v) is 2.51. The van der Waals surface area contributed by atoms with Crippen LogP contribution in [0, 0.1) is 11.8 Å². The molecule has 0 aliphatic heterocycles. The first-order valence-corrected chi connectivity index (χ1v) is 4.57. The van der Waals surface area contributed by atoms with Crippen LogP contribution in [0.15, 0.2) is 12.4 Å². The molecule has 1 aromatic heterocycles. The first kappa shape index (κ1) is 8.29. The van der Waals surface area contributed by atoms with Gasteiger partial charge in [-0.2, -0.15) is 0 Å². The van der Waals surface area contributed by atoms with Gasteiger partial charge in [-0.25, -0.2) is 9.97 Å². The van der Waals surface area contributed by atoms with Gasteiger partial charge in [-0.3, -0.25) is 0 Å². The molecule has 1 fully saturated rings. The van der Waals surface area contributed by atoms with Crippen LogP contribution in [0.25, 0.3) is 0 Å². The minimum atomic E-state index is 0.515. The van der Waals surface area contributed by atoms with Gasteiger partial charge in [0.15, 0.2) is 0 Å². The van der Waals surface area contributed by atoms with E-state index in [4.69, 9.17) is 5.73 Å². The highest BCUT2D eigenvalue weighted by Gasteiger charge is 2.31. The van der Waals surface area contributed by atoms with E-state index >= 15 is 0 Å². The zero-order chi connectivity index (χ0) is 9.26. The molecule has 1 aliphatic rings. The number of hydrogen-bond donors (Lipinski definition) is 2. The number of hydrogen-bond acceptors (Lipinski definition) is 4. The van der Waals surface area contributed by atoms with Crippen LogP contribution >= 0.6 is 0 Å². The molecule has 1 aromatic rings. The Hall–Kier alpha value is -1.32. The lowest BCUT2D eigenvalue weighted by Gasteiger charge is -2.03. The van der Waals surface area contributed by atoms with E-state index in [1.54, 1.807) is 6.07 Å². The average Bonchev–Trinajstić information content (AvgIpc) is 2.79. The Morgan fingerprint density at radius 1 is 1.62 bits per heavy atom. The maximum absolute atomic E-state index is 5.52. The van der Waals surface area contributed by atoms with Crippen LogP contribution in [-0.4, -0.2) is 16.5 Å².